The Morgan fingerprint density at radius 3 is 2.69 bits per heavy atom. The lowest BCUT2D eigenvalue weighted by Crippen LogP contribution is -2.24. The fourth-order valence-corrected chi connectivity index (χ4v) is 5.84. The van der Waals surface area contributed by atoms with Gasteiger partial charge in [-0.25, -0.2) is 9.97 Å². The van der Waals surface area contributed by atoms with Crippen LogP contribution in [0, 0.1) is 6.92 Å². The van der Waals surface area contributed by atoms with Gasteiger partial charge in [-0.3, -0.25) is 14.9 Å². The average Bonchev–Trinajstić information content (AvgIpc) is 3.35. The van der Waals surface area contributed by atoms with Crippen molar-refractivity contribution < 1.29 is 9.59 Å². The highest BCUT2D eigenvalue weighted by molar-refractivity contribution is 7.18. The summed E-state index contributed by atoms with van der Waals surface area (Å²) >= 11 is 8.96. The van der Waals surface area contributed by atoms with Gasteiger partial charge >= 0.3 is 0 Å². The molecule has 2 aromatic carbocycles. The van der Waals surface area contributed by atoms with Gasteiger partial charge in [-0.1, -0.05) is 11.6 Å². The van der Waals surface area contributed by atoms with Crippen molar-refractivity contribution in [2.75, 3.05) is 10.6 Å². The van der Waals surface area contributed by atoms with Crippen molar-refractivity contribution in [1.82, 2.24) is 9.97 Å². The van der Waals surface area contributed by atoms with Crippen molar-refractivity contribution in [1.29, 1.82) is 0 Å². The molecule has 2 amide bonds. The maximum absolute atomic E-state index is 13.1. The van der Waals surface area contributed by atoms with Gasteiger partial charge in [0.1, 0.15) is 0 Å². The Morgan fingerprint density at radius 2 is 1.88 bits per heavy atom. The standard InChI is InChI=1S/C23H19ClN4O2S2/c1-12-25-17-11-15(9-10-18(17)31-12)26-22(30)16-3-2-4-19-20(16)27-23(32-19)28-21(29)13-5-7-14(24)8-6-13/h5-11,16H,2-4H2,1H3,(H,26,30)(H,27,28,29). The molecule has 4 aromatic rings. The van der Waals surface area contributed by atoms with Gasteiger partial charge in [-0.05, 0) is 68.7 Å². The number of rotatable bonds is 4. The summed E-state index contributed by atoms with van der Waals surface area (Å²) < 4.78 is 1.10. The number of anilines is 2. The van der Waals surface area contributed by atoms with E-state index in [0.29, 0.717) is 15.7 Å². The van der Waals surface area contributed by atoms with E-state index in [1.165, 1.54) is 11.3 Å². The fraction of sp³-hybridized carbons (Fsp3) is 0.217. The van der Waals surface area contributed by atoms with Crippen LogP contribution in [0.2, 0.25) is 5.02 Å². The van der Waals surface area contributed by atoms with Crippen LogP contribution in [0.3, 0.4) is 0 Å². The highest BCUT2D eigenvalue weighted by Crippen LogP contribution is 2.37. The van der Waals surface area contributed by atoms with E-state index in [-0.39, 0.29) is 17.7 Å². The third-order valence-corrected chi connectivity index (χ3v) is 7.61. The minimum Gasteiger partial charge on any atom is -0.325 e. The van der Waals surface area contributed by atoms with E-state index in [9.17, 15) is 9.59 Å². The van der Waals surface area contributed by atoms with Crippen LogP contribution in [-0.4, -0.2) is 21.8 Å². The van der Waals surface area contributed by atoms with E-state index in [2.05, 4.69) is 20.6 Å². The van der Waals surface area contributed by atoms with Crippen LogP contribution >= 0.6 is 34.3 Å². The first-order chi connectivity index (χ1) is 15.5. The number of hydrogen-bond donors (Lipinski definition) is 2. The van der Waals surface area contributed by atoms with Gasteiger partial charge in [0.25, 0.3) is 5.91 Å². The number of nitrogens with zero attached hydrogens (tertiary/aromatic N) is 2. The number of thiazole rings is 2. The monoisotopic (exact) mass is 482 g/mol. The Kier molecular flexibility index (Phi) is 5.67. The molecule has 162 valence electrons. The third-order valence-electron chi connectivity index (χ3n) is 5.36. The minimum atomic E-state index is -0.343. The Morgan fingerprint density at radius 1 is 1.06 bits per heavy atom. The van der Waals surface area contributed by atoms with Gasteiger partial charge in [0.15, 0.2) is 5.13 Å². The molecular formula is C23H19ClN4O2S2. The number of aromatic nitrogens is 2. The number of carbonyl (C=O) groups excluding carboxylic acids is 2. The van der Waals surface area contributed by atoms with E-state index in [0.717, 1.165) is 50.7 Å². The molecule has 32 heavy (non-hydrogen) atoms. The SMILES string of the molecule is Cc1nc2cc(NC(=O)C3CCCc4sc(NC(=O)c5ccc(Cl)cc5)nc43)ccc2s1. The lowest BCUT2D eigenvalue weighted by Gasteiger charge is -2.20. The molecule has 0 spiro atoms. The summed E-state index contributed by atoms with van der Waals surface area (Å²) in [7, 11) is 0. The highest BCUT2D eigenvalue weighted by atomic mass is 35.5. The highest BCUT2D eigenvalue weighted by Gasteiger charge is 2.30. The van der Waals surface area contributed by atoms with Crippen molar-refractivity contribution in [3.8, 4) is 0 Å². The summed E-state index contributed by atoms with van der Waals surface area (Å²) in [6.07, 6.45) is 2.49. The average molecular weight is 483 g/mol. The molecule has 6 nitrogen and oxygen atoms in total. The van der Waals surface area contributed by atoms with Crippen LogP contribution in [0.25, 0.3) is 10.2 Å². The van der Waals surface area contributed by atoms with E-state index in [1.807, 2.05) is 25.1 Å². The molecule has 1 atom stereocenters. The zero-order valence-electron chi connectivity index (χ0n) is 17.1. The molecule has 9 heteroatoms. The number of aryl methyl sites for hydroxylation is 2. The first-order valence-corrected chi connectivity index (χ1v) is 12.2. The van der Waals surface area contributed by atoms with Gasteiger partial charge in [0.05, 0.1) is 26.8 Å². The second-order valence-corrected chi connectivity index (χ2v) is 10.4. The molecule has 1 unspecified atom stereocenters. The van der Waals surface area contributed by atoms with Crippen LogP contribution in [0.5, 0.6) is 0 Å². The second-order valence-electron chi connectivity index (χ2n) is 7.64. The normalized spacial score (nSPS) is 15.4. The molecule has 1 aliphatic rings. The zero-order chi connectivity index (χ0) is 22.2. The first-order valence-electron chi connectivity index (χ1n) is 10.2. The number of nitrogens with one attached hydrogen (secondary N) is 2. The molecule has 0 saturated heterocycles. The Hall–Kier alpha value is -2.81. The second kappa shape index (κ2) is 8.61. The maximum Gasteiger partial charge on any atom is 0.257 e. The molecule has 0 bridgehead atoms. The summed E-state index contributed by atoms with van der Waals surface area (Å²) in [6, 6.07) is 12.5. The quantitative estimate of drug-likeness (QED) is 0.372. The van der Waals surface area contributed by atoms with Crippen LogP contribution in [-0.2, 0) is 11.2 Å². The van der Waals surface area contributed by atoms with Crippen LogP contribution in [0.1, 0.15) is 44.7 Å². The summed E-state index contributed by atoms with van der Waals surface area (Å²) in [5.41, 5.74) is 2.88. The number of carbonyl (C=O) groups is 2. The van der Waals surface area contributed by atoms with E-state index in [4.69, 9.17) is 11.6 Å². The lowest BCUT2D eigenvalue weighted by atomic mass is 9.90. The van der Waals surface area contributed by atoms with E-state index in [1.54, 1.807) is 35.6 Å². The number of amides is 2. The summed E-state index contributed by atoms with van der Waals surface area (Å²) in [4.78, 5) is 35.8. The number of halogens is 1. The van der Waals surface area contributed by atoms with Crippen molar-refractivity contribution >= 4 is 67.1 Å². The van der Waals surface area contributed by atoms with E-state index < -0.39 is 0 Å². The molecule has 2 heterocycles. The van der Waals surface area contributed by atoms with Crippen LogP contribution in [0.15, 0.2) is 42.5 Å². The summed E-state index contributed by atoms with van der Waals surface area (Å²) in [6.45, 7) is 1.97. The molecule has 2 aromatic heterocycles. The number of benzene rings is 2. The van der Waals surface area contributed by atoms with Gasteiger partial charge < -0.3 is 5.32 Å². The molecular weight excluding hydrogens is 464 g/mol. The fourth-order valence-electron chi connectivity index (χ4n) is 3.85. The molecule has 0 saturated carbocycles. The van der Waals surface area contributed by atoms with Crippen LogP contribution < -0.4 is 10.6 Å². The van der Waals surface area contributed by atoms with Gasteiger partial charge in [0.2, 0.25) is 5.91 Å². The van der Waals surface area contributed by atoms with Crippen LogP contribution in [0.4, 0.5) is 10.8 Å². The Balaban J connectivity index is 1.33. The van der Waals surface area contributed by atoms with E-state index >= 15 is 0 Å². The molecule has 1 aliphatic carbocycles. The zero-order valence-corrected chi connectivity index (χ0v) is 19.5. The molecule has 0 aliphatic heterocycles. The molecule has 5 rings (SSSR count). The van der Waals surface area contributed by atoms with Crippen molar-refractivity contribution in [2.24, 2.45) is 0 Å². The smallest absolute Gasteiger partial charge is 0.257 e. The number of hydrogen-bond acceptors (Lipinski definition) is 6. The van der Waals surface area contributed by atoms with Crippen molar-refractivity contribution in [3.05, 3.63) is 68.6 Å². The summed E-state index contributed by atoms with van der Waals surface area (Å²) in [5.74, 6) is -0.678. The number of fused-ring (bicyclic) bond motifs is 2. The molecule has 2 N–H and O–H groups in total. The van der Waals surface area contributed by atoms with Gasteiger partial charge in [-0.15, -0.1) is 22.7 Å². The maximum atomic E-state index is 13.1. The molecule has 0 fully saturated rings. The molecule has 0 radical (unpaired) electrons. The Labute approximate surface area is 197 Å². The topological polar surface area (TPSA) is 84.0 Å². The summed E-state index contributed by atoms with van der Waals surface area (Å²) in [5, 5.41) is 7.96. The predicted octanol–water partition coefficient (Wildman–Crippen LogP) is 6.03. The lowest BCUT2D eigenvalue weighted by molar-refractivity contribution is -0.117. The van der Waals surface area contributed by atoms with Crippen molar-refractivity contribution in [2.45, 2.75) is 32.1 Å². The van der Waals surface area contributed by atoms with Gasteiger partial charge in [0, 0.05) is 21.2 Å². The van der Waals surface area contributed by atoms with Gasteiger partial charge in [-0.2, -0.15) is 0 Å². The first kappa shape index (κ1) is 21.1. The minimum absolute atomic E-state index is 0.0851. The largest absolute Gasteiger partial charge is 0.325 e. The predicted molar refractivity (Wildman–Crippen MR) is 130 cm³/mol. The third kappa shape index (κ3) is 4.26. The Bertz CT molecular complexity index is 1330. The van der Waals surface area contributed by atoms with Crippen molar-refractivity contribution in [3.63, 3.8) is 0 Å².